The molecule has 0 aliphatic heterocycles. The molecule has 0 fully saturated rings. The number of sulfonamides is 1. The van der Waals surface area contributed by atoms with E-state index in [-0.39, 0.29) is 29.5 Å². The lowest BCUT2D eigenvalue weighted by molar-refractivity contribution is -0.140. The molecule has 0 aliphatic carbocycles. The summed E-state index contributed by atoms with van der Waals surface area (Å²) in [7, 11) is -4.37. The van der Waals surface area contributed by atoms with Gasteiger partial charge in [-0.3, -0.25) is 13.9 Å². The minimum absolute atomic E-state index is 0.0213. The van der Waals surface area contributed by atoms with Gasteiger partial charge in [-0.2, -0.15) is 0 Å². The molecule has 4 aromatic rings. The molecule has 0 saturated heterocycles. The number of rotatable bonds is 14. The van der Waals surface area contributed by atoms with Crippen molar-refractivity contribution in [2.75, 3.05) is 17.4 Å². The molecule has 1 N–H and O–H groups in total. The number of anilines is 1. The third-order valence-electron chi connectivity index (χ3n) is 7.07. The highest BCUT2D eigenvalue weighted by molar-refractivity contribution is 9.10. The van der Waals surface area contributed by atoms with Crippen molar-refractivity contribution < 1.29 is 22.4 Å². The maximum atomic E-state index is 15.2. The van der Waals surface area contributed by atoms with Crippen molar-refractivity contribution in [1.29, 1.82) is 0 Å². The number of unbranched alkanes of at least 4 members (excludes halogenated alkanes) is 1. The number of amides is 2. The predicted octanol–water partition coefficient (Wildman–Crippen LogP) is 6.34. The van der Waals surface area contributed by atoms with Crippen LogP contribution in [0.25, 0.3) is 0 Å². The Bertz CT molecular complexity index is 1660. The van der Waals surface area contributed by atoms with Crippen LogP contribution in [0.3, 0.4) is 0 Å². The number of carbonyl (C=O) groups excluding carboxylic acids is 2. The maximum Gasteiger partial charge on any atom is 0.264 e. The molecule has 10 heteroatoms. The molecule has 2 amide bonds. The van der Waals surface area contributed by atoms with Gasteiger partial charge in [0.15, 0.2) is 0 Å². The Labute approximate surface area is 266 Å². The van der Waals surface area contributed by atoms with E-state index in [0.717, 1.165) is 38.8 Å². The van der Waals surface area contributed by atoms with Crippen molar-refractivity contribution in [2.24, 2.45) is 0 Å². The van der Waals surface area contributed by atoms with Crippen LogP contribution in [0.5, 0.6) is 0 Å². The van der Waals surface area contributed by atoms with Crippen LogP contribution < -0.4 is 9.62 Å². The van der Waals surface area contributed by atoms with Gasteiger partial charge >= 0.3 is 0 Å². The minimum atomic E-state index is -4.37. The Kier molecular flexibility index (Phi) is 11.7. The zero-order valence-corrected chi connectivity index (χ0v) is 26.8. The molecular formula is C34H35BrFN3O4S. The van der Waals surface area contributed by atoms with E-state index in [0.29, 0.717) is 6.54 Å². The minimum Gasteiger partial charge on any atom is -0.354 e. The van der Waals surface area contributed by atoms with Crippen molar-refractivity contribution in [3.05, 3.63) is 131 Å². The van der Waals surface area contributed by atoms with E-state index in [1.54, 1.807) is 18.2 Å². The zero-order chi connectivity index (χ0) is 31.5. The van der Waals surface area contributed by atoms with Gasteiger partial charge in [-0.25, -0.2) is 12.8 Å². The molecule has 0 bridgehead atoms. The Hall–Kier alpha value is -4.02. The van der Waals surface area contributed by atoms with Crippen LogP contribution in [-0.4, -0.2) is 44.3 Å². The predicted molar refractivity (Wildman–Crippen MR) is 174 cm³/mol. The molecule has 0 heterocycles. The summed E-state index contributed by atoms with van der Waals surface area (Å²) in [5.41, 5.74) is 1.30. The van der Waals surface area contributed by atoms with Crippen molar-refractivity contribution >= 4 is 43.5 Å². The van der Waals surface area contributed by atoms with E-state index in [4.69, 9.17) is 0 Å². The lowest BCUT2D eigenvalue weighted by Gasteiger charge is -2.34. The molecule has 4 rings (SSSR count). The summed E-state index contributed by atoms with van der Waals surface area (Å²) < 4.78 is 44.6. The molecule has 0 aromatic heterocycles. The highest BCUT2D eigenvalue weighted by Crippen LogP contribution is 2.27. The summed E-state index contributed by atoms with van der Waals surface area (Å²) >= 11 is 3.47. The number of nitrogens with one attached hydrogen (secondary N) is 1. The fourth-order valence-electron chi connectivity index (χ4n) is 4.78. The fourth-order valence-corrected chi connectivity index (χ4v) is 6.67. The third kappa shape index (κ3) is 8.54. The second-order valence-electron chi connectivity index (χ2n) is 10.3. The number of halogens is 2. The number of benzene rings is 4. The second-order valence-corrected chi connectivity index (χ2v) is 13.1. The van der Waals surface area contributed by atoms with Gasteiger partial charge in [0.2, 0.25) is 11.8 Å². The number of hydrogen-bond donors (Lipinski definition) is 1. The van der Waals surface area contributed by atoms with Gasteiger partial charge in [0.1, 0.15) is 18.4 Å². The highest BCUT2D eigenvalue weighted by Gasteiger charge is 2.35. The van der Waals surface area contributed by atoms with Crippen molar-refractivity contribution in [3.63, 3.8) is 0 Å². The molecule has 0 saturated carbocycles. The number of para-hydroxylation sites is 1. The van der Waals surface area contributed by atoms with E-state index in [2.05, 4.69) is 21.2 Å². The van der Waals surface area contributed by atoms with Crippen LogP contribution in [0.4, 0.5) is 10.1 Å². The van der Waals surface area contributed by atoms with Crippen molar-refractivity contribution in [3.8, 4) is 0 Å². The van der Waals surface area contributed by atoms with Crippen LogP contribution >= 0.6 is 15.9 Å². The number of carbonyl (C=O) groups is 2. The third-order valence-corrected chi connectivity index (χ3v) is 9.34. The molecule has 0 spiro atoms. The number of hydrogen-bond acceptors (Lipinski definition) is 4. The first kappa shape index (κ1) is 32.9. The molecule has 7 nitrogen and oxygen atoms in total. The SMILES string of the molecule is CCCCNC(=O)[C@H](Cc1ccccc1)N(Cc1cccc(Br)c1)C(=O)CN(c1ccccc1F)S(=O)(=O)c1ccccc1. The van der Waals surface area contributed by atoms with E-state index < -0.39 is 34.3 Å². The normalized spacial score (nSPS) is 11.9. The fraction of sp³-hybridized carbons (Fsp3) is 0.235. The average Bonchev–Trinajstić information content (AvgIpc) is 3.03. The Morgan fingerprint density at radius 2 is 1.50 bits per heavy atom. The van der Waals surface area contributed by atoms with Crippen LogP contribution in [0.15, 0.2) is 119 Å². The number of nitrogens with zero attached hydrogens (tertiary/aromatic N) is 2. The van der Waals surface area contributed by atoms with Crippen molar-refractivity contribution in [2.45, 2.75) is 43.7 Å². The molecule has 0 radical (unpaired) electrons. The van der Waals surface area contributed by atoms with Gasteiger partial charge < -0.3 is 10.2 Å². The first-order chi connectivity index (χ1) is 21.2. The lowest BCUT2D eigenvalue weighted by Crippen LogP contribution is -2.53. The van der Waals surface area contributed by atoms with Gasteiger partial charge in [0, 0.05) is 24.0 Å². The van der Waals surface area contributed by atoms with E-state index >= 15 is 4.39 Å². The van der Waals surface area contributed by atoms with E-state index in [9.17, 15) is 18.0 Å². The summed E-state index contributed by atoms with van der Waals surface area (Å²) in [6, 6.07) is 28.7. The van der Waals surface area contributed by atoms with Crippen LogP contribution in [0, 0.1) is 5.82 Å². The maximum absolute atomic E-state index is 15.2. The van der Waals surface area contributed by atoms with Crippen LogP contribution in [0.2, 0.25) is 0 Å². The highest BCUT2D eigenvalue weighted by atomic mass is 79.9. The van der Waals surface area contributed by atoms with Gasteiger partial charge in [-0.05, 0) is 53.9 Å². The molecule has 0 aliphatic rings. The van der Waals surface area contributed by atoms with Gasteiger partial charge in [0.25, 0.3) is 10.0 Å². The first-order valence-electron chi connectivity index (χ1n) is 14.4. The second kappa shape index (κ2) is 15.6. The summed E-state index contributed by atoms with van der Waals surface area (Å²) in [4.78, 5) is 29.4. The van der Waals surface area contributed by atoms with E-state index in [1.165, 1.54) is 35.2 Å². The summed E-state index contributed by atoms with van der Waals surface area (Å²) in [6.45, 7) is 1.75. The monoisotopic (exact) mass is 679 g/mol. The lowest BCUT2D eigenvalue weighted by atomic mass is 10.0. The quantitative estimate of drug-likeness (QED) is 0.158. The summed E-state index contributed by atoms with van der Waals surface area (Å²) in [5.74, 6) is -1.80. The molecule has 0 unspecified atom stereocenters. The molecule has 44 heavy (non-hydrogen) atoms. The van der Waals surface area contributed by atoms with Crippen LogP contribution in [0.1, 0.15) is 30.9 Å². The largest absolute Gasteiger partial charge is 0.354 e. The summed E-state index contributed by atoms with van der Waals surface area (Å²) in [6.07, 6.45) is 1.84. The Morgan fingerprint density at radius 3 is 2.16 bits per heavy atom. The van der Waals surface area contributed by atoms with Crippen LogP contribution in [-0.2, 0) is 32.6 Å². The van der Waals surface area contributed by atoms with E-state index in [1.807, 2.05) is 61.5 Å². The molecule has 230 valence electrons. The first-order valence-corrected chi connectivity index (χ1v) is 16.6. The van der Waals surface area contributed by atoms with Gasteiger partial charge in [-0.1, -0.05) is 102 Å². The standard InChI is InChI=1S/C34H35BrFN3O4S/c1-2-3-21-37-34(41)32(23-26-13-6-4-7-14-26)38(24-27-15-12-16-28(35)22-27)33(40)25-39(31-20-11-10-19-30(31)36)44(42,43)29-17-8-5-9-18-29/h4-20,22,32H,2-3,21,23-25H2,1H3,(H,37,41)/t32-/m0/s1. The Morgan fingerprint density at radius 1 is 0.864 bits per heavy atom. The average molecular weight is 681 g/mol. The molecular weight excluding hydrogens is 645 g/mol. The van der Waals surface area contributed by atoms with Gasteiger partial charge in [-0.15, -0.1) is 0 Å². The summed E-state index contributed by atoms with van der Waals surface area (Å²) in [5, 5.41) is 2.95. The molecule has 4 aromatic carbocycles. The van der Waals surface area contributed by atoms with Crippen molar-refractivity contribution in [1.82, 2.24) is 10.2 Å². The topological polar surface area (TPSA) is 86.8 Å². The van der Waals surface area contributed by atoms with Gasteiger partial charge in [0.05, 0.1) is 10.6 Å². The molecule has 1 atom stereocenters. The Balaban J connectivity index is 1.79. The smallest absolute Gasteiger partial charge is 0.264 e. The zero-order valence-electron chi connectivity index (χ0n) is 24.4.